The van der Waals surface area contributed by atoms with E-state index in [1.54, 1.807) is 24.4 Å². The van der Waals surface area contributed by atoms with Crippen molar-refractivity contribution >= 4 is 11.9 Å². The Morgan fingerprint density at radius 1 is 1.16 bits per heavy atom. The van der Waals surface area contributed by atoms with Crippen molar-refractivity contribution in [3.8, 4) is 11.5 Å². The minimum absolute atomic E-state index is 0.144. The number of hydrogen-bond acceptors (Lipinski definition) is 5. The molecule has 0 amide bonds. The number of pyridine rings is 1. The van der Waals surface area contributed by atoms with Gasteiger partial charge in [0.05, 0.1) is 11.3 Å². The van der Waals surface area contributed by atoms with Crippen LogP contribution in [0, 0.1) is 12.7 Å². The number of allylic oxidation sites excluding steroid dienone is 1. The maximum absolute atomic E-state index is 13.1. The van der Waals surface area contributed by atoms with Crippen molar-refractivity contribution in [1.29, 1.82) is 0 Å². The second kappa shape index (κ2) is 7.96. The lowest BCUT2D eigenvalue weighted by Crippen LogP contribution is -2.34. The summed E-state index contributed by atoms with van der Waals surface area (Å²) >= 11 is 0. The highest BCUT2D eigenvalue weighted by atomic mass is 19.1. The van der Waals surface area contributed by atoms with Crippen LogP contribution < -0.4 is 9.47 Å². The van der Waals surface area contributed by atoms with Gasteiger partial charge in [-0.05, 0) is 49.2 Å². The first-order valence-corrected chi connectivity index (χ1v) is 10.2. The molecule has 2 aliphatic heterocycles. The number of carbonyl (C=O) groups excluding carboxylic acids is 1. The maximum atomic E-state index is 13.1. The van der Waals surface area contributed by atoms with Gasteiger partial charge >= 0.3 is 0 Å². The number of ether oxygens (including phenoxy) is 2. The zero-order valence-electron chi connectivity index (χ0n) is 17.1. The number of benzene rings is 2. The van der Waals surface area contributed by atoms with E-state index >= 15 is 0 Å². The van der Waals surface area contributed by atoms with Gasteiger partial charge in [0, 0.05) is 36.5 Å². The highest BCUT2D eigenvalue weighted by molar-refractivity contribution is 6.15. The number of nitrogens with zero attached hydrogens (tertiary/aromatic N) is 2. The standard InChI is InChI=1S/C25H21FN2O3/c1-16-24-18(14-28(15-30-24)11-9-17-5-7-19(26)8-6-17)12-21-23(29)22(31-25(16)21)13-20-4-2-3-10-27-20/h2-8,10,12-13H,9,11,14-15H2,1H3/b22-13-. The van der Waals surface area contributed by atoms with Gasteiger partial charge in [0.1, 0.15) is 24.0 Å². The van der Waals surface area contributed by atoms with Crippen molar-refractivity contribution in [2.75, 3.05) is 13.3 Å². The summed E-state index contributed by atoms with van der Waals surface area (Å²) in [5, 5.41) is 0. The number of ketones is 1. The van der Waals surface area contributed by atoms with E-state index in [0.717, 1.165) is 35.4 Å². The van der Waals surface area contributed by atoms with Gasteiger partial charge < -0.3 is 9.47 Å². The molecule has 156 valence electrons. The summed E-state index contributed by atoms with van der Waals surface area (Å²) in [6.07, 6.45) is 4.13. The molecular formula is C25H21FN2O3. The van der Waals surface area contributed by atoms with Crippen molar-refractivity contribution in [3.63, 3.8) is 0 Å². The summed E-state index contributed by atoms with van der Waals surface area (Å²) < 4.78 is 25.0. The average molecular weight is 416 g/mol. The monoisotopic (exact) mass is 416 g/mol. The third-order valence-electron chi connectivity index (χ3n) is 5.60. The predicted octanol–water partition coefficient (Wildman–Crippen LogP) is 4.54. The van der Waals surface area contributed by atoms with Gasteiger partial charge in [-0.15, -0.1) is 0 Å². The fourth-order valence-corrected chi connectivity index (χ4v) is 3.97. The van der Waals surface area contributed by atoms with Crippen LogP contribution in [0.15, 0.2) is 60.5 Å². The first-order valence-electron chi connectivity index (χ1n) is 10.2. The zero-order chi connectivity index (χ0) is 21.4. The van der Waals surface area contributed by atoms with Crippen LogP contribution in [-0.2, 0) is 13.0 Å². The highest BCUT2D eigenvalue weighted by Crippen LogP contribution is 2.43. The number of rotatable bonds is 4. The van der Waals surface area contributed by atoms with Crippen LogP contribution in [0.2, 0.25) is 0 Å². The Labute approximate surface area is 179 Å². The molecule has 0 saturated carbocycles. The number of hydrogen-bond donors (Lipinski definition) is 0. The second-order valence-electron chi connectivity index (χ2n) is 7.76. The van der Waals surface area contributed by atoms with E-state index in [0.29, 0.717) is 30.3 Å². The molecule has 0 spiro atoms. The van der Waals surface area contributed by atoms with Gasteiger partial charge in [-0.2, -0.15) is 0 Å². The van der Waals surface area contributed by atoms with E-state index in [1.807, 2.05) is 31.2 Å². The fraction of sp³-hybridized carbons (Fsp3) is 0.200. The summed E-state index contributed by atoms with van der Waals surface area (Å²) in [6, 6.07) is 14.0. The molecule has 0 N–H and O–H groups in total. The second-order valence-corrected chi connectivity index (χ2v) is 7.76. The molecule has 5 rings (SSSR count). The molecule has 5 nitrogen and oxygen atoms in total. The minimum atomic E-state index is -0.230. The first kappa shape index (κ1) is 19.5. The molecule has 3 heterocycles. The topological polar surface area (TPSA) is 51.7 Å². The number of fused-ring (bicyclic) bond motifs is 2. The van der Waals surface area contributed by atoms with Crippen molar-refractivity contribution in [1.82, 2.24) is 9.88 Å². The number of carbonyl (C=O) groups is 1. The van der Waals surface area contributed by atoms with Crippen LogP contribution in [0.1, 0.15) is 32.7 Å². The van der Waals surface area contributed by atoms with Crippen molar-refractivity contribution < 1.29 is 18.7 Å². The lowest BCUT2D eigenvalue weighted by Gasteiger charge is -2.30. The Kier molecular flexibility index (Phi) is 5.00. The lowest BCUT2D eigenvalue weighted by atomic mass is 10.00. The smallest absolute Gasteiger partial charge is 0.232 e. The van der Waals surface area contributed by atoms with Crippen LogP contribution in [0.25, 0.3) is 6.08 Å². The van der Waals surface area contributed by atoms with E-state index in [9.17, 15) is 9.18 Å². The Balaban J connectivity index is 1.35. The van der Waals surface area contributed by atoms with Gasteiger partial charge in [0.15, 0.2) is 5.76 Å². The van der Waals surface area contributed by atoms with E-state index in [1.165, 1.54) is 12.1 Å². The summed E-state index contributed by atoms with van der Waals surface area (Å²) in [4.78, 5) is 19.4. The third-order valence-corrected chi connectivity index (χ3v) is 5.60. The van der Waals surface area contributed by atoms with E-state index in [2.05, 4.69) is 9.88 Å². The molecule has 3 aromatic rings. The Hall–Kier alpha value is -3.51. The molecule has 0 fully saturated rings. The van der Waals surface area contributed by atoms with Gasteiger partial charge in [-0.25, -0.2) is 4.39 Å². The predicted molar refractivity (Wildman–Crippen MR) is 114 cm³/mol. The molecule has 2 aromatic carbocycles. The number of halogens is 1. The zero-order valence-corrected chi connectivity index (χ0v) is 17.1. The quantitative estimate of drug-likeness (QED) is 0.585. The number of aromatic nitrogens is 1. The largest absolute Gasteiger partial charge is 0.477 e. The summed E-state index contributed by atoms with van der Waals surface area (Å²) in [5.74, 6) is 1.24. The van der Waals surface area contributed by atoms with Crippen LogP contribution in [-0.4, -0.2) is 28.9 Å². The van der Waals surface area contributed by atoms with E-state index < -0.39 is 0 Å². The van der Waals surface area contributed by atoms with Crippen molar-refractivity contribution in [2.24, 2.45) is 0 Å². The van der Waals surface area contributed by atoms with Crippen molar-refractivity contribution in [2.45, 2.75) is 19.9 Å². The van der Waals surface area contributed by atoms with E-state index in [-0.39, 0.29) is 17.4 Å². The van der Waals surface area contributed by atoms with Crippen molar-refractivity contribution in [3.05, 3.63) is 94.3 Å². The number of Topliss-reactive ketones (excluding diaryl/α,β-unsaturated/α-hetero) is 1. The van der Waals surface area contributed by atoms with Gasteiger partial charge in [-0.3, -0.25) is 14.7 Å². The van der Waals surface area contributed by atoms with Crippen LogP contribution in [0.4, 0.5) is 4.39 Å². The molecule has 0 bridgehead atoms. The van der Waals surface area contributed by atoms with E-state index in [4.69, 9.17) is 9.47 Å². The summed E-state index contributed by atoms with van der Waals surface area (Å²) in [5.41, 5.74) is 4.11. The average Bonchev–Trinajstić information content (AvgIpc) is 3.10. The van der Waals surface area contributed by atoms with Gasteiger partial charge in [-0.1, -0.05) is 18.2 Å². The highest BCUT2D eigenvalue weighted by Gasteiger charge is 2.33. The molecule has 0 atom stereocenters. The Morgan fingerprint density at radius 3 is 2.77 bits per heavy atom. The van der Waals surface area contributed by atoms with Crippen LogP contribution in [0.5, 0.6) is 11.5 Å². The summed E-state index contributed by atoms with van der Waals surface area (Å²) in [6.45, 7) is 3.83. The SMILES string of the molecule is Cc1c2c(cc3c1O/C(=C\c1ccccn1)C3=O)CN(CCc1ccc(F)cc1)CO2. The molecule has 31 heavy (non-hydrogen) atoms. The molecule has 6 heteroatoms. The molecular weight excluding hydrogens is 395 g/mol. The molecule has 0 radical (unpaired) electrons. The fourth-order valence-electron chi connectivity index (χ4n) is 3.97. The Bertz CT molecular complexity index is 1170. The first-order chi connectivity index (χ1) is 15.1. The molecule has 1 aromatic heterocycles. The summed E-state index contributed by atoms with van der Waals surface area (Å²) in [7, 11) is 0. The molecule has 0 aliphatic carbocycles. The normalized spacial score (nSPS) is 16.6. The molecule has 0 saturated heterocycles. The van der Waals surface area contributed by atoms with Gasteiger partial charge in [0.25, 0.3) is 0 Å². The van der Waals surface area contributed by atoms with Crippen LogP contribution >= 0.6 is 0 Å². The Morgan fingerprint density at radius 2 is 2.00 bits per heavy atom. The molecule has 2 aliphatic rings. The molecule has 0 unspecified atom stereocenters. The third kappa shape index (κ3) is 3.82. The maximum Gasteiger partial charge on any atom is 0.232 e. The minimum Gasteiger partial charge on any atom is -0.477 e. The van der Waals surface area contributed by atoms with Gasteiger partial charge in [0.2, 0.25) is 5.78 Å². The lowest BCUT2D eigenvalue weighted by molar-refractivity contribution is 0.0954. The van der Waals surface area contributed by atoms with Crippen LogP contribution in [0.3, 0.4) is 0 Å².